The predicted molar refractivity (Wildman–Crippen MR) is 104 cm³/mol. The smallest absolute Gasteiger partial charge is 0.306 e. The van der Waals surface area contributed by atoms with E-state index in [0.29, 0.717) is 5.56 Å². The number of hydrogen-bond acceptors (Lipinski definition) is 3. The van der Waals surface area contributed by atoms with E-state index < -0.39 is 11.6 Å². The monoisotopic (exact) mass is 386 g/mol. The van der Waals surface area contributed by atoms with Crippen molar-refractivity contribution in [1.82, 2.24) is 0 Å². The maximum atomic E-state index is 14.4. The Morgan fingerprint density at radius 3 is 2.61 bits per heavy atom. The molecule has 0 bridgehead atoms. The largest absolute Gasteiger partial charge is 0.483 e. The van der Waals surface area contributed by atoms with E-state index in [9.17, 15) is 13.6 Å². The van der Waals surface area contributed by atoms with E-state index in [1.54, 1.807) is 6.92 Å². The Labute approximate surface area is 164 Å². The van der Waals surface area contributed by atoms with E-state index in [2.05, 4.69) is 13.0 Å². The molecular formula is C23H24F2O3. The van der Waals surface area contributed by atoms with Crippen LogP contribution in [0.3, 0.4) is 0 Å². The first-order chi connectivity index (χ1) is 13.5. The number of esters is 1. The lowest BCUT2D eigenvalue weighted by molar-refractivity contribution is -0.143. The highest BCUT2D eigenvalue weighted by Crippen LogP contribution is 2.30. The highest BCUT2D eigenvalue weighted by atomic mass is 19.1. The zero-order valence-electron chi connectivity index (χ0n) is 16.1. The van der Waals surface area contributed by atoms with Gasteiger partial charge in [0.2, 0.25) is 0 Å². The summed E-state index contributed by atoms with van der Waals surface area (Å²) in [7, 11) is 0. The minimum absolute atomic E-state index is 0.0801. The topological polar surface area (TPSA) is 35.5 Å². The molecule has 0 N–H and O–H groups in total. The molecule has 2 aromatic carbocycles. The summed E-state index contributed by atoms with van der Waals surface area (Å²) in [6, 6.07) is 10.5. The Morgan fingerprint density at radius 2 is 1.89 bits per heavy atom. The molecule has 0 fully saturated rings. The average molecular weight is 386 g/mol. The third-order valence-electron chi connectivity index (χ3n) is 4.92. The Hall–Kier alpha value is -2.69. The Balaban J connectivity index is 1.68. The van der Waals surface area contributed by atoms with Gasteiger partial charge in [-0.3, -0.25) is 4.79 Å². The molecule has 0 saturated carbocycles. The maximum absolute atomic E-state index is 14.4. The second kappa shape index (κ2) is 9.00. The maximum Gasteiger partial charge on any atom is 0.306 e. The number of rotatable bonds is 7. The third-order valence-corrected chi connectivity index (χ3v) is 4.92. The van der Waals surface area contributed by atoms with Crippen molar-refractivity contribution >= 4 is 12.0 Å². The van der Waals surface area contributed by atoms with E-state index in [-0.39, 0.29) is 43.7 Å². The van der Waals surface area contributed by atoms with Gasteiger partial charge in [0.05, 0.1) is 6.61 Å². The van der Waals surface area contributed by atoms with Crippen LogP contribution in [0.25, 0.3) is 6.08 Å². The van der Waals surface area contributed by atoms with E-state index in [1.165, 1.54) is 17.7 Å². The van der Waals surface area contributed by atoms with Crippen molar-refractivity contribution in [3.8, 4) is 5.75 Å². The van der Waals surface area contributed by atoms with Gasteiger partial charge < -0.3 is 9.47 Å². The molecule has 0 spiro atoms. The lowest BCUT2D eigenvalue weighted by Gasteiger charge is -2.23. The van der Waals surface area contributed by atoms with Crippen LogP contribution in [0, 0.1) is 17.6 Å². The van der Waals surface area contributed by atoms with Gasteiger partial charge in [-0.2, -0.15) is 0 Å². The molecule has 148 valence electrons. The SMILES string of the molecule is CCOC(=O)CCc1cc(F)c(OCC2=Cc3ccccc3CC2C)c(F)c1. The van der Waals surface area contributed by atoms with E-state index in [4.69, 9.17) is 9.47 Å². The summed E-state index contributed by atoms with van der Waals surface area (Å²) >= 11 is 0. The van der Waals surface area contributed by atoms with Crippen LogP contribution in [0.15, 0.2) is 42.0 Å². The first kappa shape index (κ1) is 20.1. The quantitative estimate of drug-likeness (QED) is 0.620. The van der Waals surface area contributed by atoms with Crippen molar-refractivity contribution in [2.24, 2.45) is 5.92 Å². The number of benzene rings is 2. The molecule has 1 unspecified atom stereocenters. The number of carbonyl (C=O) groups is 1. The summed E-state index contributed by atoms with van der Waals surface area (Å²) in [5, 5.41) is 0. The van der Waals surface area contributed by atoms with Gasteiger partial charge in [-0.05, 0) is 60.1 Å². The first-order valence-electron chi connectivity index (χ1n) is 9.52. The van der Waals surface area contributed by atoms with Crippen LogP contribution in [0.4, 0.5) is 8.78 Å². The molecule has 0 heterocycles. The third kappa shape index (κ3) is 4.77. The fourth-order valence-corrected chi connectivity index (χ4v) is 3.38. The number of halogens is 2. The summed E-state index contributed by atoms with van der Waals surface area (Å²) in [6.07, 6.45) is 3.21. The molecule has 3 rings (SSSR count). The van der Waals surface area contributed by atoms with Crippen molar-refractivity contribution in [2.45, 2.75) is 33.1 Å². The van der Waals surface area contributed by atoms with Gasteiger partial charge in [-0.15, -0.1) is 0 Å². The van der Waals surface area contributed by atoms with Gasteiger partial charge in [0, 0.05) is 6.42 Å². The molecule has 1 aliphatic rings. The van der Waals surface area contributed by atoms with Crippen molar-refractivity contribution in [3.05, 3.63) is 70.3 Å². The van der Waals surface area contributed by atoms with Crippen molar-refractivity contribution in [2.75, 3.05) is 13.2 Å². The van der Waals surface area contributed by atoms with Crippen molar-refractivity contribution in [3.63, 3.8) is 0 Å². The molecule has 1 aliphatic carbocycles. The van der Waals surface area contributed by atoms with E-state index >= 15 is 0 Å². The van der Waals surface area contributed by atoms with Gasteiger partial charge in [0.1, 0.15) is 6.61 Å². The minimum atomic E-state index is -0.761. The van der Waals surface area contributed by atoms with Gasteiger partial charge in [-0.1, -0.05) is 37.3 Å². The van der Waals surface area contributed by atoms with Gasteiger partial charge >= 0.3 is 5.97 Å². The van der Waals surface area contributed by atoms with E-state index in [0.717, 1.165) is 17.6 Å². The summed E-state index contributed by atoms with van der Waals surface area (Å²) in [4.78, 5) is 11.4. The lowest BCUT2D eigenvalue weighted by atomic mass is 9.85. The molecule has 0 aliphatic heterocycles. The van der Waals surface area contributed by atoms with Gasteiger partial charge in [0.25, 0.3) is 0 Å². The molecule has 2 aromatic rings. The Kier molecular flexibility index (Phi) is 6.45. The van der Waals surface area contributed by atoms with Crippen LogP contribution in [0.5, 0.6) is 5.75 Å². The van der Waals surface area contributed by atoms with Crippen molar-refractivity contribution < 1.29 is 23.0 Å². The molecule has 0 amide bonds. The fraction of sp³-hybridized carbons (Fsp3) is 0.348. The zero-order chi connectivity index (χ0) is 20.1. The molecule has 0 radical (unpaired) electrons. The van der Waals surface area contributed by atoms with Crippen molar-refractivity contribution in [1.29, 1.82) is 0 Å². The van der Waals surface area contributed by atoms with Gasteiger partial charge in [-0.25, -0.2) is 8.78 Å². The molecule has 28 heavy (non-hydrogen) atoms. The number of ether oxygens (including phenoxy) is 2. The van der Waals surface area contributed by atoms with E-state index in [1.807, 2.05) is 24.3 Å². The average Bonchev–Trinajstić information content (AvgIpc) is 2.66. The number of fused-ring (bicyclic) bond motifs is 1. The minimum Gasteiger partial charge on any atom is -0.483 e. The summed E-state index contributed by atoms with van der Waals surface area (Å²) < 4.78 is 39.1. The second-order valence-electron chi connectivity index (χ2n) is 7.01. The number of aryl methyl sites for hydroxylation is 1. The summed E-state index contributed by atoms with van der Waals surface area (Å²) in [6.45, 7) is 4.21. The standard InChI is InChI=1S/C23H24F2O3/c1-3-27-22(26)9-8-16-11-20(24)23(21(25)12-16)28-14-19-13-18-7-5-4-6-17(18)10-15(19)2/h4-7,11-13,15H,3,8-10,14H2,1-2H3. The second-order valence-corrected chi connectivity index (χ2v) is 7.01. The Morgan fingerprint density at radius 1 is 1.18 bits per heavy atom. The molecule has 0 aromatic heterocycles. The summed E-state index contributed by atoms with van der Waals surface area (Å²) in [5.41, 5.74) is 3.79. The normalized spacial score (nSPS) is 15.6. The van der Waals surface area contributed by atoms with Crippen LogP contribution < -0.4 is 4.74 Å². The zero-order valence-corrected chi connectivity index (χ0v) is 16.1. The highest BCUT2D eigenvalue weighted by Gasteiger charge is 2.20. The molecular weight excluding hydrogens is 362 g/mol. The molecule has 5 heteroatoms. The molecule has 0 saturated heterocycles. The molecule has 1 atom stereocenters. The number of hydrogen-bond donors (Lipinski definition) is 0. The Bertz CT molecular complexity index is 866. The van der Waals surface area contributed by atoms with Crippen LogP contribution in [0.1, 0.15) is 37.0 Å². The van der Waals surface area contributed by atoms with Gasteiger partial charge in [0.15, 0.2) is 17.4 Å². The number of carbonyl (C=O) groups excluding carboxylic acids is 1. The summed E-state index contributed by atoms with van der Waals surface area (Å²) in [5.74, 6) is -2.05. The van der Waals surface area contributed by atoms with Crippen LogP contribution in [-0.2, 0) is 22.4 Å². The predicted octanol–water partition coefficient (Wildman–Crippen LogP) is 5.12. The molecule has 3 nitrogen and oxygen atoms in total. The van der Waals surface area contributed by atoms with Crippen LogP contribution in [0.2, 0.25) is 0 Å². The fourth-order valence-electron chi connectivity index (χ4n) is 3.38. The van der Waals surface area contributed by atoms with Crippen LogP contribution >= 0.6 is 0 Å². The highest BCUT2D eigenvalue weighted by molar-refractivity contribution is 5.69. The first-order valence-corrected chi connectivity index (χ1v) is 9.52. The lowest BCUT2D eigenvalue weighted by Crippen LogP contribution is -2.16. The van der Waals surface area contributed by atoms with Crippen LogP contribution in [-0.4, -0.2) is 19.2 Å².